The second-order valence-electron chi connectivity index (χ2n) is 7.09. The maximum Gasteiger partial charge on any atom is 0.242 e. The fourth-order valence-corrected chi connectivity index (χ4v) is 3.48. The van der Waals surface area contributed by atoms with Crippen LogP contribution in [-0.4, -0.2) is 63.7 Å². The Morgan fingerprint density at radius 2 is 1.74 bits per heavy atom. The van der Waals surface area contributed by atoms with Gasteiger partial charge in [0.1, 0.15) is 0 Å². The number of nitrogens with one attached hydrogen (secondary N) is 1. The summed E-state index contributed by atoms with van der Waals surface area (Å²) in [6.45, 7) is 3.35. The van der Waals surface area contributed by atoms with Gasteiger partial charge < -0.3 is 30.3 Å². The molecule has 0 radical (unpaired) electrons. The first-order chi connectivity index (χ1) is 15.0. The molecule has 2 aromatic carbocycles. The van der Waals surface area contributed by atoms with Crippen molar-refractivity contribution >= 4 is 29.2 Å². The van der Waals surface area contributed by atoms with Gasteiger partial charge >= 0.3 is 0 Å². The van der Waals surface area contributed by atoms with Crippen LogP contribution in [0.15, 0.2) is 47.5 Å². The van der Waals surface area contributed by atoms with Gasteiger partial charge in [0.05, 0.1) is 27.3 Å². The normalized spacial score (nSPS) is 14.4. The number of hydrogen-bond donors (Lipinski definition) is 2. The lowest BCUT2D eigenvalue weighted by molar-refractivity contribution is -0.130. The second kappa shape index (κ2) is 10.8. The third-order valence-corrected chi connectivity index (χ3v) is 5.38. The number of rotatable bonds is 7. The van der Waals surface area contributed by atoms with E-state index in [9.17, 15) is 4.79 Å². The fourth-order valence-electron chi connectivity index (χ4n) is 3.36. The number of halogens is 1. The molecular formula is C22H28ClN5O3. The van der Waals surface area contributed by atoms with Gasteiger partial charge in [-0.3, -0.25) is 4.79 Å². The number of hydrogen-bond acceptors (Lipinski definition) is 5. The summed E-state index contributed by atoms with van der Waals surface area (Å²) in [5.41, 5.74) is 7.96. The van der Waals surface area contributed by atoms with E-state index >= 15 is 0 Å². The summed E-state index contributed by atoms with van der Waals surface area (Å²) < 4.78 is 10.5. The number of nitrogens with two attached hydrogens (primary N) is 1. The standard InChI is InChI=1S/C22H28ClN5O3/c1-30-19-8-3-16(13-20(19)31-2)14-25-22(24)26-15-21(29)28-11-9-27(10-12-28)18-6-4-17(23)5-7-18/h3-8,13H,9-12,14-15H2,1-2H3,(H3,24,25,26). The average molecular weight is 446 g/mol. The molecule has 0 bridgehead atoms. The zero-order valence-electron chi connectivity index (χ0n) is 17.8. The molecule has 0 aliphatic carbocycles. The molecule has 0 aromatic heterocycles. The minimum atomic E-state index is 0.0000211. The first-order valence-electron chi connectivity index (χ1n) is 10.0. The monoisotopic (exact) mass is 445 g/mol. The summed E-state index contributed by atoms with van der Waals surface area (Å²) in [5.74, 6) is 1.51. The molecule has 1 heterocycles. The van der Waals surface area contributed by atoms with Crippen molar-refractivity contribution in [1.82, 2.24) is 10.2 Å². The molecule has 1 aliphatic rings. The molecule has 0 unspecified atom stereocenters. The van der Waals surface area contributed by atoms with E-state index in [-0.39, 0.29) is 18.4 Å². The van der Waals surface area contributed by atoms with Gasteiger partial charge in [0.2, 0.25) is 5.91 Å². The summed E-state index contributed by atoms with van der Waals surface area (Å²) in [6.07, 6.45) is 0. The van der Waals surface area contributed by atoms with E-state index < -0.39 is 0 Å². The van der Waals surface area contributed by atoms with Gasteiger partial charge in [0.25, 0.3) is 0 Å². The third kappa shape index (κ3) is 6.18. The highest BCUT2D eigenvalue weighted by atomic mass is 35.5. The predicted molar refractivity (Wildman–Crippen MR) is 123 cm³/mol. The van der Waals surface area contributed by atoms with E-state index in [1.54, 1.807) is 14.2 Å². The minimum absolute atomic E-state index is 0.0000211. The quantitative estimate of drug-likeness (QED) is 0.501. The molecule has 8 nitrogen and oxygen atoms in total. The van der Waals surface area contributed by atoms with Crippen LogP contribution in [0.2, 0.25) is 5.02 Å². The van der Waals surface area contributed by atoms with Crippen LogP contribution in [0.1, 0.15) is 5.56 Å². The summed E-state index contributed by atoms with van der Waals surface area (Å²) in [5, 5.41) is 3.62. The number of ether oxygens (including phenoxy) is 2. The SMILES string of the molecule is COc1ccc(CN=C(N)NCC(=O)N2CCN(c3ccc(Cl)cc3)CC2)cc1OC. The van der Waals surface area contributed by atoms with E-state index in [0.717, 1.165) is 24.3 Å². The molecule has 3 N–H and O–H groups in total. The highest BCUT2D eigenvalue weighted by molar-refractivity contribution is 6.30. The predicted octanol–water partition coefficient (Wildman–Crippen LogP) is 2.11. The molecule has 1 saturated heterocycles. The second-order valence-corrected chi connectivity index (χ2v) is 7.53. The number of methoxy groups -OCH3 is 2. The Kier molecular flexibility index (Phi) is 7.83. The fraction of sp³-hybridized carbons (Fsp3) is 0.364. The molecule has 1 fully saturated rings. The molecule has 0 saturated carbocycles. The van der Waals surface area contributed by atoms with Crippen LogP contribution in [0.25, 0.3) is 0 Å². The van der Waals surface area contributed by atoms with E-state index in [1.807, 2.05) is 47.4 Å². The number of guanidine groups is 1. The van der Waals surface area contributed by atoms with Crippen molar-refractivity contribution in [2.75, 3.05) is 51.8 Å². The largest absolute Gasteiger partial charge is 0.493 e. The molecule has 0 spiro atoms. The van der Waals surface area contributed by atoms with Crippen molar-refractivity contribution in [3.63, 3.8) is 0 Å². The maximum atomic E-state index is 12.5. The Morgan fingerprint density at radius 1 is 1.06 bits per heavy atom. The molecule has 1 amide bonds. The van der Waals surface area contributed by atoms with Crippen LogP contribution < -0.4 is 25.4 Å². The third-order valence-electron chi connectivity index (χ3n) is 5.12. The van der Waals surface area contributed by atoms with Crippen LogP contribution in [0, 0.1) is 0 Å². The molecule has 2 aromatic rings. The molecule has 0 atom stereocenters. The molecule has 166 valence electrons. The Bertz CT molecular complexity index is 912. The van der Waals surface area contributed by atoms with Crippen molar-refractivity contribution in [2.24, 2.45) is 10.7 Å². The van der Waals surface area contributed by atoms with Gasteiger partial charge in [0.15, 0.2) is 17.5 Å². The number of aliphatic imine (C=N–C) groups is 1. The Balaban J connectivity index is 1.44. The summed E-state index contributed by atoms with van der Waals surface area (Å²) in [6, 6.07) is 13.3. The smallest absolute Gasteiger partial charge is 0.242 e. The van der Waals surface area contributed by atoms with Gasteiger partial charge in [-0.05, 0) is 42.0 Å². The lowest BCUT2D eigenvalue weighted by Crippen LogP contribution is -2.51. The van der Waals surface area contributed by atoms with Crippen LogP contribution >= 0.6 is 11.6 Å². The van der Waals surface area contributed by atoms with Gasteiger partial charge in [-0.15, -0.1) is 0 Å². The first-order valence-corrected chi connectivity index (χ1v) is 10.4. The molecule has 3 rings (SSSR count). The zero-order chi connectivity index (χ0) is 22.2. The van der Waals surface area contributed by atoms with Crippen molar-refractivity contribution in [3.05, 3.63) is 53.1 Å². The number of carbonyl (C=O) groups is 1. The van der Waals surface area contributed by atoms with Crippen LogP contribution in [0.5, 0.6) is 11.5 Å². The first kappa shape index (κ1) is 22.6. The van der Waals surface area contributed by atoms with Crippen LogP contribution in [0.4, 0.5) is 5.69 Å². The number of nitrogens with zero attached hydrogens (tertiary/aromatic N) is 3. The lowest BCUT2D eigenvalue weighted by Gasteiger charge is -2.36. The van der Waals surface area contributed by atoms with Gasteiger partial charge in [-0.1, -0.05) is 17.7 Å². The number of piperazine rings is 1. The van der Waals surface area contributed by atoms with E-state index in [4.69, 9.17) is 26.8 Å². The van der Waals surface area contributed by atoms with Crippen LogP contribution in [-0.2, 0) is 11.3 Å². The number of anilines is 1. The number of benzene rings is 2. The summed E-state index contributed by atoms with van der Waals surface area (Å²) in [7, 11) is 3.17. The van der Waals surface area contributed by atoms with Gasteiger partial charge in [-0.25, -0.2) is 4.99 Å². The van der Waals surface area contributed by atoms with Crippen molar-refractivity contribution in [1.29, 1.82) is 0 Å². The minimum Gasteiger partial charge on any atom is -0.493 e. The molecule has 9 heteroatoms. The highest BCUT2D eigenvalue weighted by Gasteiger charge is 2.21. The van der Waals surface area contributed by atoms with Gasteiger partial charge in [0, 0.05) is 36.9 Å². The van der Waals surface area contributed by atoms with Crippen molar-refractivity contribution < 1.29 is 14.3 Å². The highest BCUT2D eigenvalue weighted by Crippen LogP contribution is 2.27. The summed E-state index contributed by atoms with van der Waals surface area (Å²) in [4.78, 5) is 20.9. The molecular weight excluding hydrogens is 418 g/mol. The topological polar surface area (TPSA) is 92.4 Å². The average Bonchev–Trinajstić information content (AvgIpc) is 2.81. The Morgan fingerprint density at radius 3 is 2.39 bits per heavy atom. The molecule has 1 aliphatic heterocycles. The van der Waals surface area contributed by atoms with Crippen LogP contribution in [0.3, 0.4) is 0 Å². The van der Waals surface area contributed by atoms with E-state index in [1.165, 1.54) is 0 Å². The van der Waals surface area contributed by atoms with Crippen molar-refractivity contribution in [2.45, 2.75) is 6.54 Å². The lowest BCUT2D eigenvalue weighted by atomic mass is 10.2. The Hall–Kier alpha value is -3.13. The Labute approximate surface area is 187 Å². The van der Waals surface area contributed by atoms with E-state index in [0.29, 0.717) is 36.2 Å². The number of amides is 1. The summed E-state index contributed by atoms with van der Waals surface area (Å²) >= 11 is 5.95. The van der Waals surface area contributed by atoms with Crippen molar-refractivity contribution in [3.8, 4) is 11.5 Å². The molecule has 31 heavy (non-hydrogen) atoms. The van der Waals surface area contributed by atoms with E-state index in [2.05, 4.69) is 15.2 Å². The zero-order valence-corrected chi connectivity index (χ0v) is 18.6. The maximum absolute atomic E-state index is 12.5. The number of carbonyl (C=O) groups excluding carboxylic acids is 1. The van der Waals surface area contributed by atoms with Gasteiger partial charge in [-0.2, -0.15) is 0 Å².